The lowest BCUT2D eigenvalue weighted by atomic mass is 9.91. The Labute approximate surface area is 125 Å². The third kappa shape index (κ3) is 4.39. The zero-order valence-corrected chi connectivity index (χ0v) is 12.2. The van der Waals surface area contributed by atoms with Crippen LogP contribution < -0.4 is 5.32 Å². The van der Waals surface area contributed by atoms with Crippen molar-refractivity contribution >= 4 is 17.7 Å². The summed E-state index contributed by atoms with van der Waals surface area (Å²) in [6, 6.07) is 3.24. The highest BCUT2D eigenvalue weighted by Crippen LogP contribution is 2.24. The van der Waals surface area contributed by atoms with E-state index < -0.39 is 17.2 Å². The molecule has 1 aliphatic heterocycles. The van der Waals surface area contributed by atoms with Gasteiger partial charge in [-0.3, -0.25) is 4.79 Å². The number of nitrogens with one attached hydrogen (secondary N) is 1. The molecule has 0 bridgehead atoms. The van der Waals surface area contributed by atoms with Crippen molar-refractivity contribution in [2.24, 2.45) is 0 Å². The fourth-order valence-corrected chi connectivity index (χ4v) is 2.87. The molecule has 2 rings (SSSR count). The molecule has 7 heteroatoms. The topological polar surface area (TPSA) is 58.6 Å². The van der Waals surface area contributed by atoms with Gasteiger partial charge >= 0.3 is 0 Å². The number of aliphatic hydroxyl groups is 1. The van der Waals surface area contributed by atoms with Crippen molar-refractivity contribution < 1.29 is 23.4 Å². The first-order chi connectivity index (χ1) is 10.0. The predicted molar refractivity (Wildman–Crippen MR) is 75.1 cm³/mol. The summed E-state index contributed by atoms with van der Waals surface area (Å²) >= 11 is 0.995. The molecule has 0 spiro atoms. The maximum Gasteiger partial charge on any atom is 0.230 e. The molecule has 0 atom stereocenters. The van der Waals surface area contributed by atoms with Crippen molar-refractivity contribution in [1.29, 1.82) is 0 Å². The molecule has 0 unspecified atom stereocenters. The average Bonchev–Trinajstić information content (AvgIpc) is 2.47. The summed E-state index contributed by atoms with van der Waals surface area (Å²) in [6.45, 7) is 0.818. The number of hydrogen-bond acceptors (Lipinski definition) is 4. The van der Waals surface area contributed by atoms with Crippen LogP contribution in [-0.4, -0.2) is 42.1 Å². The quantitative estimate of drug-likeness (QED) is 0.812. The molecule has 1 saturated heterocycles. The van der Waals surface area contributed by atoms with E-state index in [-0.39, 0.29) is 23.2 Å². The van der Waals surface area contributed by atoms with Gasteiger partial charge in [-0.25, -0.2) is 8.78 Å². The molecule has 21 heavy (non-hydrogen) atoms. The van der Waals surface area contributed by atoms with Gasteiger partial charge in [0.05, 0.1) is 17.9 Å². The van der Waals surface area contributed by atoms with Crippen LogP contribution in [0.4, 0.5) is 8.78 Å². The number of rotatable bonds is 5. The van der Waals surface area contributed by atoms with E-state index in [4.69, 9.17) is 4.74 Å². The van der Waals surface area contributed by atoms with Crippen LogP contribution in [0.15, 0.2) is 23.1 Å². The minimum atomic E-state index is -0.685. The minimum Gasteiger partial charge on any atom is -0.394 e. The number of benzene rings is 1. The van der Waals surface area contributed by atoms with Gasteiger partial charge in [0.15, 0.2) is 0 Å². The normalized spacial score (nSPS) is 17.5. The molecule has 1 aliphatic rings. The highest BCUT2D eigenvalue weighted by Gasteiger charge is 2.33. The van der Waals surface area contributed by atoms with E-state index in [1.807, 2.05) is 0 Å². The molecule has 1 amide bonds. The second kappa shape index (κ2) is 7.20. The number of thioether (sulfide) groups is 1. The summed E-state index contributed by atoms with van der Waals surface area (Å²) < 4.78 is 31.4. The van der Waals surface area contributed by atoms with Crippen molar-refractivity contribution in [3.8, 4) is 0 Å². The second-order valence-electron chi connectivity index (χ2n) is 4.96. The molecule has 1 aromatic rings. The Morgan fingerprint density at radius 3 is 2.71 bits per heavy atom. The fraction of sp³-hybridized carbons (Fsp3) is 0.500. The first-order valence-electron chi connectivity index (χ1n) is 6.62. The summed E-state index contributed by atoms with van der Waals surface area (Å²) in [5, 5.41) is 12.3. The SMILES string of the molecule is O=C(CSc1ccc(F)cc1F)NC1(CO)CCOCC1. The first kappa shape index (κ1) is 16.2. The van der Waals surface area contributed by atoms with Crippen molar-refractivity contribution in [3.05, 3.63) is 29.8 Å². The van der Waals surface area contributed by atoms with Crippen LogP contribution in [0.5, 0.6) is 0 Å². The Hall–Kier alpha value is -1.18. The van der Waals surface area contributed by atoms with E-state index in [9.17, 15) is 18.7 Å². The highest BCUT2D eigenvalue weighted by atomic mass is 32.2. The largest absolute Gasteiger partial charge is 0.394 e. The predicted octanol–water partition coefficient (Wildman–Crippen LogP) is 1.71. The first-order valence-corrected chi connectivity index (χ1v) is 7.61. The number of carbonyl (C=O) groups excluding carboxylic acids is 1. The van der Waals surface area contributed by atoms with Gasteiger partial charge in [0.25, 0.3) is 0 Å². The summed E-state index contributed by atoms with van der Waals surface area (Å²) in [5.74, 6) is -1.62. The van der Waals surface area contributed by atoms with Gasteiger partial charge in [0, 0.05) is 24.2 Å². The van der Waals surface area contributed by atoms with Crippen LogP contribution in [0.1, 0.15) is 12.8 Å². The summed E-state index contributed by atoms with van der Waals surface area (Å²) in [7, 11) is 0. The van der Waals surface area contributed by atoms with Crippen molar-refractivity contribution in [3.63, 3.8) is 0 Å². The molecule has 1 aromatic carbocycles. The number of hydrogen-bond donors (Lipinski definition) is 2. The average molecular weight is 317 g/mol. The van der Waals surface area contributed by atoms with Gasteiger partial charge in [0.1, 0.15) is 11.6 Å². The lowest BCUT2D eigenvalue weighted by Gasteiger charge is -2.36. The number of amides is 1. The molecule has 0 saturated carbocycles. The minimum absolute atomic E-state index is 0.00512. The maximum atomic E-state index is 13.5. The van der Waals surface area contributed by atoms with Crippen molar-refractivity contribution in [2.45, 2.75) is 23.3 Å². The zero-order chi connectivity index (χ0) is 15.3. The van der Waals surface area contributed by atoms with E-state index in [1.165, 1.54) is 6.07 Å². The number of halogens is 2. The molecule has 0 aliphatic carbocycles. The molecule has 4 nitrogen and oxygen atoms in total. The summed E-state index contributed by atoms with van der Waals surface area (Å²) in [4.78, 5) is 12.2. The second-order valence-corrected chi connectivity index (χ2v) is 5.98. The molecule has 1 fully saturated rings. The molecule has 0 aromatic heterocycles. The number of aliphatic hydroxyl groups excluding tert-OH is 1. The third-order valence-corrected chi connectivity index (χ3v) is 4.46. The van der Waals surface area contributed by atoms with Gasteiger partial charge in [-0.1, -0.05) is 0 Å². The van der Waals surface area contributed by atoms with Crippen molar-refractivity contribution in [1.82, 2.24) is 5.32 Å². The van der Waals surface area contributed by atoms with Crippen LogP contribution in [0.2, 0.25) is 0 Å². The van der Waals surface area contributed by atoms with E-state index in [0.29, 0.717) is 26.1 Å². The maximum absolute atomic E-state index is 13.5. The van der Waals surface area contributed by atoms with Crippen LogP contribution in [0, 0.1) is 11.6 Å². The molecular formula is C14H17F2NO3S. The summed E-state index contributed by atoms with van der Waals surface area (Å²) in [5.41, 5.74) is -0.656. The lowest BCUT2D eigenvalue weighted by molar-refractivity contribution is -0.122. The fourth-order valence-electron chi connectivity index (χ4n) is 2.15. The van der Waals surface area contributed by atoms with Crippen LogP contribution in [-0.2, 0) is 9.53 Å². The Morgan fingerprint density at radius 2 is 2.10 bits per heavy atom. The van der Waals surface area contributed by atoms with Crippen LogP contribution in [0.3, 0.4) is 0 Å². The van der Waals surface area contributed by atoms with E-state index in [0.717, 1.165) is 23.9 Å². The van der Waals surface area contributed by atoms with E-state index in [1.54, 1.807) is 0 Å². The smallest absolute Gasteiger partial charge is 0.230 e. The highest BCUT2D eigenvalue weighted by molar-refractivity contribution is 8.00. The molecule has 1 heterocycles. The number of ether oxygens (including phenoxy) is 1. The summed E-state index contributed by atoms with van der Waals surface area (Å²) in [6.07, 6.45) is 1.09. The van der Waals surface area contributed by atoms with Crippen molar-refractivity contribution in [2.75, 3.05) is 25.6 Å². The van der Waals surface area contributed by atoms with E-state index >= 15 is 0 Å². The van der Waals surface area contributed by atoms with Gasteiger partial charge in [-0.05, 0) is 25.0 Å². The Bertz CT molecular complexity index is 507. The molecular weight excluding hydrogens is 300 g/mol. The Kier molecular flexibility index (Phi) is 5.55. The Morgan fingerprint density at radius 1 is 1.38 bits per heavy atom. The zero-order valence-electron chi connectivity index (χ0n) is 11.4. The van der Waals surface area contributed by atoms with Gasteiger partial charge in [-0.2, -0.15) is 0 Å². The van der Waals surface area contributed by atoms with Gasteiger partial charge < -0.3 is 15.2 Å². The molecule has 2 N–H and O–H groups in total. The molecule has 0 radical (unpaired) electrons. The lowest BCUT2D eigenvalue weighted by Crippen LogP contribution is -2.55. The van der Waals surface area contributed by atoms with Crippen LogP contribution in [0.25, 0.3) is 0 Å². The number of carbonyl (C=O) groups is 1. The molecule has 116 valence electrons. The third-order valence-electron chi connectivity index (χ3n) is 3.41. The Balaban J connectivity index is 1.89. The van der Waals surface area contributed by atoms with E-state index in [2.05, 4.69) is 5.32 Å². The van der Waals surface area contributed by atoms with Gasteiger partial charge in [0.2, 0.25) is 5.91 Å². The standard InChI is InChI=1S/C14H17F2NO3S/c15-10-1-2-12(11(16)7-10)21-8-13(19)17-14(9-18)3-5-20-6-4-14/h1-2,7,18H,3-6,8-9H2,(H,17,19). The van der Waals surface area contributed by atoms with Crippen LogP contribution >= 0.6 is 11.8 Å². The monoisotopic (exact) mass is 317 g/mol. The van der Waals surface area contributed by atoms with Gasteiger partial charge in [-0.15, -0.1) is 11.8 Å².